The summed E-state index contributed by atoms with van der Waals surface area (Å²) in [4.78, 5) is 0. The topological polar surface area (TPSA) is 65.4 Å². The average molecular weight is 180 g/mol. The summed E-state index contributed by atoms with van der Waals surface area (Å²) in [7, 11) is 0. The van der Waals surface area contributed by atoms with E-state index in [4.69, 9.17) is 5.41 Å². The Morgan fingerprint density at radius 1 is 1.31 bits per heavy atom. The Morgan fingerprint density at radius 2 is 1.92 bits per heavy atom. The Bertz CT molecular complexity index is 262. The highest BCUT2D eigenvalue weighted by molar-refractivity contribution is 5.79. The lowest BCUT2D eigenvalue weighted by molar-refractivity contribution is 0.935. The molecule has 0 saturated heterocycles. The van der Waals surface area contributed by atoms with Crippen molar-refractivity contribution < 1.29 is 0 Å². The van der Waals surface area contributed by atoms with Gasteiger partial charge in [-0.1, -0.05) is 26.8 Å². The van der Waals surface area contributed by atoms with Crippen LogP contribution in [0.2, 0.25) is 0 Å². The first-order valence-electron chi connectivity index (χ1n) is 4.46. The Labute approximate surface area is 78.6 Å². The standard InChI is InChI=1S/C7H10N4.C2H6/c1-2-3-4-6-7(5-8)10-11-9-6;1-2/h3-5,8H,2H2,1H3,(H,9,10,11);1-2H3/b4-3-,8-5?;. The van der Waals surface area contributed by atoms with Crippen molar-refractivity contribution >= 4 is 12.3 Å². The molecule has 1 rings (SSSR count). The third-order valence-corrected chi connectivity index (χ3v) is 1.25. The van der Waals surface area contributed by atoms with Crippen molar-refractivity contribution in [1.29, 1.82) is 5.41 Å². The number of nitrogens with zero attached hydrogens (tertiary/aromatic N) is 2. The van der Waals surface area contributed by atoms with Gasteiger partial charge >= 0.3 is 0 Å². The van der Waals surface area contributed by atoms with Gasteiger partial charge < -0.3 is 5.41 Å². The van der Waals surface area contributed by atoms with Crippen LogP contribution in [0.4, 0.5) is 0 Å². The van der Waals surface area contributed by atoms with Gasteiger partial charge in [0.1, 0.15) is 11.4 Å². The predicted molar refractivity (Wildman–Crippen MR) is 54.9 cm³/mol. The highest BCUT2D eigenvalue weighted by Gasteiger charge is 1.98. The molecule has 0 aliphatic carbocycles. The Hall–Kier alpha value is -1.45. The van der Waals surface area contributed by atoms with Gasteiger partial charge in [0, 0.05) is 6.21 Å². The summed E-state index contributed by atoms with van der Waals surface area (Å²) >= 11 is 0. The highest BCUT2D eigenvalue weighted by Crippen LogP contribution is 2.00. The third kappa shape index (κ3) is 3.64. The van der Waals surface area contributed by atoms with Crippen LogP contribution in [-0.4, -0.2) is 21.6 Å². The first-order valence-corrected chi connectivity index (χ1v) is 4.46. The molecule has 0 radical (unpaired) electrons. The van der Waals surface area contributed by atoms with Gasteiger partial charge in [0.15, 0.2) is 0 Å². The van der Waals surface area contributed by atoms with E-state index in [2.05, 4.69) is 15.4 Å². The molecule has 0 aromatic carbocycles. The number of aromatic nitrogens is 3. The van der Waals surface area contributed by atoms with Crippen LogP contribution < -0.4 is 0 Å². The largest absolute Gasteiger partial charge is 0.306 e. The van der Waals surface area contributed by atoms with Crippen LogP contribution >= 0.6 is 0 Å². The lowest BCUT2D eigenvalue weighted by atomic mass is 10.3. The number of aromatic amines is 1. The summed E-state index contributed by atoms with van der Waals surface area (Å²) in [5.74, 6) is 0. The summed E-state index contributed by atoms with van der Waals surface area (Å²) in [5.41, 5.74) is 1.30. The SMILES string of the molecule is CC.CC/C=C\c1n[nH]nc1C=N. The maximum absolute atomic E-state index is 6.96. The van der Waals surface area contributed by atoms with Crippen LogP contribution in [0.25, 0.3) is 6.08 Å². The highest BCUT2D eigenvalue weighted by atomic mass is 15.3. The maximum atomic E-state index is 6.96. The van der Waals surface area contributed by atoms with Gasteiger partial charge in [-0.3, -0.25) is 0 Å². The summed E-state index contributed by atoms with van der Waals surface area (Å²) < 4.78 is 0. The minimum absolute atomic E-state index is 0.578. The van der Waals surface area contributed by atoms with Gasteiger partial charge in [-0.15, -0.1) is 0 Å². The smallest absolute Gasteiger partial charge is 0.130 e. The van der Waals surface area contributed by atoms with Crippen molar-refractivity contribution in [3.8, 4) is 0 Å². The molecule has 13 heavy (non-hydrogen) atoms. The molecule has 0 atom stereocenters. The zero-order chi connectivity index (χ0) is 10.1. The fourth-order valence-electron chi connectivity index (χ4n) is 0.706. The fraction of sp³-hybridized carbons (Fsp3) is 0.444. The molecule has 1 aromatic heterocycles. The number of hydrogen-bond acceptors (Lipinski definition) is 3. The van der Waals surface area contributed by atoms with Crippen LogP contribution in [0.5, 0.6) is 0 Å². The van der Waals surface area contributed by atoms with Crippen molar-refractivity contribution in [3.63, 3.8) is 0 Å². The Balaban J connectivity index is 0.000000671. The van der Waals surface area contributed by atoms with E-state index >= 15 is 0 Å². The van der Waals surface area contributed by atoms with Gasteiger partial charge in [-0.05, 0) is 12.5 Å². The molecule has 0 amide bonds. The molecular weight excluding hydrogens is 164 g/mol. The zero-order valence-electron chi connectivity index (χ0n) is 8.33. The molecule has 0 fully saturated rings. The summed E-state index contributed by atoms with van der Waals surface area (Å²) in [6.07, 6.45) is 5.97. The Kier molecular flexibility index (Phi) is 6.41. The van der Waals surface area contributed by atoms with Crippen molar-refractivity contribution in [2.24, 2.45) is 0 Å². The van der Waals surface area contributed by atoms with E-state index in [1.54, 1.807) is 0 Å². The van der Waals surface area contributed by atoms with Crippen molar-refractivity contribution in [3.05, 3.63) is 17.5 Å². The van der Waals surface area contributed by atoms with Crippen LogP contribution in [-0.2, 0) is 0 Å². The second-order valence-corrected chi connectivity index (χ2v) is 2.05. The zero-order valence-corrected chi connectivity index (χ0v) is 8.33. The molecular formula is C9H16N4. The molecule has 1 aromatic rings. The van der Waals surface area contributed by atoms with Crippen LogP contribution in [0.1, 0.15) is 38.6 Å². The molecule has 72 valence electrons. The molecule has 4 nitrogen and oxygen atoms in total. The first kappa shape index (κ1) is 11.6. The van der Waals surface area contributed by atoms with Crippen molar-refractivity contribution in [2.75, 3.05) is 0 Å². The van der Waals surface area contributed by atoms with E-state index < -0.39 is 0 Å². The van der Waals surface area contributed by atoms with E-state index in [1.165, 1.54) is 6.21 Å². The molecule has 0 bridgehead atoms. The van der Waals surface area contributed by atoms with Crippen molar-refractivity contribution in [2.45, 2.75) is 27.2 Å². The third-order valence-electron chi connectivity index (χ3n) is 1.25. The van der Waals surface area contributed by atoms with Gasteiger partial charge in [0.2, 0.25) is 0 Å². The monoisotopic (exact) mass is 180 g/mol. The summed E-state index contributed by atoms with van der Waals surface area (Å²) in [5, 5.41) is 17.0. The second-order valence-electron chi connectivity index (χ2n) is 2.05. The van der Waals surface area contributed by atoms with E-state index in [9.17, 15) is 0 Å². The summed E-state index contributed by atoms with van der Waals surface area (Å²) in [6.45, 7) is 6.04. The number of hydrogen-bond donors (Lipinski definition) is 2. The minimum atomic E-state index is 0.578. The molecule has 2 N–H and O–H groups in total. The minimum Gasteiger partial charge on any atom is -0.306 e. The maximum Gasteiger partial charge on any atom is 0.130 e. The van der Waals surface area contributed by atoms with Gasteiger partial charge in [-0.2, -0.15) is 15.4 Å². The van der Waals surface area contributed by atoms with E-state index in [0.717, 1.165) is 12.1 Å². The number of allylic oxidation sites excluding steroid dienone is 1. The fourth-order valence-corrected chi connectivity index (χ4v) is 0.706. The molecule has 0 saturated carbocycles. The molecule has 0 unspecified atom stereocenters. The number of nitrogens with one attached hydrogen (secondary N) is 2. The first-order chi connectivity index (χ1) is 6.38. The second kappa shape index (κ2) is 7.21. The number of H-pyrrole nitrogens is 1. The molecule has 1 heterocycles. The van der Waals surface area contributed by atoms with E-state index in [-0.39, 0.29) is 0 Å². The van der Waals surface area contributed by atoms with Gasteiger partial charge in [0.05, 0.1) is 0 Å². The van der Waals surface area contributed by atoms with Gasteiger partial charge in [0.25, 0.3) is 0 Å². The van der Waals surface area contributed by atoms with Crippen LogP contribution in [0, 0.1) is 5.41 Å². The lowest BCUT2D eigenvalue weighted by Crippen LogP contribution is -1.82. The normalized spacial score (nSPS) is 9.46. The number of rotatable bonds is 3. The molecule has 0 aliphatic rings. The molecule has 0 spiro atoms. The van der Waals surface area contributed by atoms with Crippen molar-refractivity contribution in [1.82, 2.24) is 15.4 Å². The van der Waals surface area contributed by atoms with E-state index in [0.29, 0.717) is 5.69 Å². The van der Waals surface area contributed by atoms with Crippen LogP contribution in [0.15, 0.2) is 6.08 Å². The predicted octanol–water partition coefficient (Wildman–Crippen LogP) is 2.25. The Morgan fingerprint density at radius 3 is 2.46 bits per heavy atom. The summed E-state index contributed by atoms with van der Waals surface area (Å²) in [6, 6.07) is 0. The van der Waals surface area contributed by atoms with Crippen LogP contribution in [0.3, 0.4) is 0 Å². The lowest BCUT2D eigenvalue weighted by Gasteiger charge is -1.82. The van der Waals surface area contributed by atoms with Gasteiger partial charge in [-0.25, -0.2) is 0 Å². The molecule has 4 heteroatoms. The van der Waals surface area contributed by atoms with E-state index in [1.807, 2.05) is 32.9 Å². The molecule has 0 aliphatic heterocycles. The quantitative estimate of drug-likeness (QED) is 0.700. The average Bonchev–Trinajstić information content (AvgIpc) is 2.65.